The van der Waals surface area contributed by atoms with E-state index < -0.39 is 10.0 Å². The zero-order chi connectivity index (χ0) is 20.9. The maximum absolute atomic E-state index is 12.8. The lowest BCUT2D eigenvalue weighted by Gasteiger charge is -2.29. The molecule has 152 valence electrons. The number of rotatable bonds is 8. The summed E-state index contributed by atoms with van der Waals surface area (Å²) in [5.41, 5.74) is 3.39. The molecule has 28 heavy (non-hydrogen) atoms. The molecule has 9 heteroatoms. The van der Waals surface area contributed by atoms with Crippen LogP contribution in [-0.2, 0) is 10.0 Å². The third-order valence-corrected chi connectivity index (χ3v) is 6.16. The number of nitrogens with zero attached hydrogens (tertiary/aromatic N) is 3. The number of hydrazone groups is 1. The number of aromatic hydroxyl groups is 1. The highest BCUT2D eigenvalue weighted by atomic mass is 32.2. The highest BCUT2D eigenvalue weighted by Gasteiger charge is 2.29. The number of phenolic OH excluding ortho intramolecular Hbond substituents is 1. The molecule has 0 amide bonds. The van der Waals surface area contributed by atoms with Crippen LogP contribution in [0.25, 0.3) is 0 Å². The monoisotopic (exact) mass is 406 g/mol. The second kappa shape index (κ2) is 9.03. The average Bonchev–Trinajstić information content (AvgIpc) is 2.61. The first-order valence-electron chi connectivity index (χ1n) is 8.82. The van der Waals surface area contributed by atoms with Gasteiger partial charge in [-0.1, -0.05) is 0 Å². The SMILES string of the molecule is COc1ccc(/C=N\Nc2ccc(S(=O)(=O)N(C(C)C)C(C)C)cn2)cc1O. The Balaban J connectivity index is 2.11. The Morgan fingerprint density at radius 2 is 1.86 bits per heavy atom. The summed E-state index contributed by atoms with van der Waals surface area (Å²) < 4.78 is 32.1. The predicted molar refractivity (Wildman–Crippen MR) is 109 cm³/mol. The Morgan fingerprint density at radius 1 is 1.18 bits per heavy atom. The van der Waals surface area contributed by atoms with Crippen LogP contribution in [0.4, 0.5) is 5.82 Å². The second-order valence-electron chi connectivity index (χ2n) is 6.70. The van der Waals surface area contributed by atoms with Gasteiger partial charge in [0, 0.05) is 18.3 Å². The average molecular weight is 407 g/mol. The summed E-state index contributed by atoms with van der Waals surface area (Å²) >= 11 is 0. The Hall–Kier alpha value is -2.65. The normalized spacial score (nSPS) is 12.3. The van der Waals surface area contributed by atoms with Crippen LogP contribution in [0.1, 0.15) is 33.3 Å². The molecule has 0 aliphatic rings. The Morgan fingerprint density at radius 3 is 2.36 bits per heavy atom. The number of hydrogen-bond donors (Lipinski definition) is 2. The zero-order valence-corrected chi connectivity index (χ0v) is 17.4. The van der Waals surface area contributed by atoms with Gasteiger partial charge in [0.25, 0.3) is 0 Å². The van der Waals surface area contributed by atoms with Gasteiger partial charge in [-0.05, 0) is 63.6 Å². The van der Waals surface area contributed by atoms with Gasteiger partial charge < -0.3 is 9.84 Å². The standard InChI is InChI=1S/C19H26N4O4S/c1-13(2)23(14(3)4)28(25,26)16-7-9-19(20-12-16)22-21-11-15-6-8-18(27-5)17(24)10-15/h6-14,24H,1-5H3,(H,20,22)/b21-11-. The molecular weight excluding hydrogens is 380 g/mol. The molecule has 0 spiro atoms. The fourth-order valence-corrected chi connectivity index (χ4v) is 4.61. The number of pyridine rings is 1. The van der Waals surface area contributed by atoms with E-state index in [1.54, 1.807) is 18.2 Å². The molecule has 2 aromatic rings. The molecule has 0 saturated heterocycles. The predicted octanol–water partition coefficient (Wildman–Crippen LogP) is 3.05. The molecule has 8 nitrogen and oxygen atoms in total. The number of aromatic nitrogens is 1. The summed E-state index contributed by atoms with van der Waals surface area (Å²) in [5.74, 6) is 0.785. The van der Waals surface area contributed by atoms with E-state index in [0.29, 0.717) is 17.1 Å². The molecule has 0 bridgehead atoms. The van der Waals surface area contributed by atoms with Crippen LogP contribution in [0.5, 0.6) is 11.5 Å². The van der Waals surface area contributed by atoms with Gasteiger partial charge in [-0.15, -0.1) is 0 Å². The van der Waals surface area contributed by atoms with E-state index >= 15 is 0 Å². The van der Waals surface area contributed by atoms with Crippen molar-refractivity contribution in [3.8, 4) is 11.5 Å². The molecule has 0 fully saturated rings. The quantitative estimate of drug-likeness (QED) is 0.516. The number of benzene rings is 1. The van der Waals surface area contributed by atoms with Crippen LogP contribution < -0.4 is 10.2 Å². The lowest BCUT2D eigenvalue weighted by atomic mass is 10.2. The number of hydrogen-bond acceptors (Lipinski definition) is 7. The summed E-state index contributed by atoms with van der Waals surface area (Å²) in [7, 11) is -2.15. The lowest BCUT2D eigenvalue weighted by molar-refractivity contribution is 0.302. The molecule has 0 unspecified atom stereocenters. The molecule has 2 N–H and O–H groups in total. The van der Waals surface area contributed by atoms with Crippen molar-refractivity contribution in [2.45, 2.75) is 44.7 Å². The fourth-order valence-electron chi connectivity index (χ4n) is 2.83. The summed E-state index contributed by atoms with van der Waals surface area (Å²) in [6, 6.07) is 7.61. The summed E-state index contributed by atoms with van der Waals surface area (Å²) in [4.78, 5) is 4.25. The first-order valence-corrected chi connectivity index (χ1v) is 10.3. The maximum atomic E-state index is 12.8. The highest BCUT2D eigenvalue weighted by Crippen LogP contribution is 2.25. The molecule has 1 aromatic carbocycles. The van der Waals surface area contributed by atoms with Crippen molar-refractivity contribution in [2.75, 3.05) is 12.5 Å². The Bertz CT molecular complexity index is 917. The number of ether oxygens (including phenoxy) is 1. The van der Waals surface area contributed by atoms with Gasteiger partial charge in [-0.3, -0.25) is 5.43 Å². The number of anilines is 1. The number of methoxy groups -OCH3 is 1. The third-order valence-electron chi connectivity index (χ3n) is 3.93. The van der Waals surface area contributed by atoms with Crippen LogP contribution in [0.15, 0.2) is 46.5 Å². The smallest absolute Gasteiger partial charge is 0.245 e. The van der Waals surface area contributed by atoms with Gasteiger partial charge in [-0.2, -0.15) is 9.41 Å². The van der Waals surface area contributed by atoms with Gasteiger partial charge in [0.15, 0.2) is 11.5 Å². The van der Waals surface area contributed by atoms with E-state index in [9.17, 15) is 13.5 Å². The second-order valence-corrected chi connectivity index (χ2v) is 8.55. The Kier molecular flexibility index (Phi) is 6.98. The molecule has 0 aliphatic carbocycles. The number of sulfonamides is 1. The summed E-state index contributed by atoms with van der Waals surface area (Å²) in [6.07, 6.45) is 2.81. The molecule has 2 rings (SSSR count). The van der Waals surface area contributed by atoms with Crippen LogP contribution >= 0.6 is 0 Å². The topological polar surface area (TPSA) is 104 Å². The van der Waals surface area contributed by atoms with E-state index in [1.807, 2.05) is 27.7 Å². The van der Waals surface area contributed by atoms with E-state index in [2.05, 4.69) is 15.5 Å². The van der Waals surface area contributed by atoms with Gasteiger partial charge in [-0.25, -0.2) is 13.4 Å². The lowest BCUT2D eigenvalue weighted by Crippen LogP contribution is -2.41. The van der Waals surface area contributed by atoms with Crippen molar-refractivity contribution < 1.29 is 18.3 Å². The van der Waals surface area contributed by atoms with E-state index in [-0.39, 0.29) is 22.7 Å². The van der Waals surface area contributed by atoms with Gasteiger partial charge in [0.1, 0.15) is 10.7 Å². The van der Waals surface area contributed by atoms with Crippen LogP contribution in [0.3, 0.4) is 0 Å². The van der Waals surface area contributed by atoms with E-state index in [0.717, 1.165) is 0 Å². The summed E-state index contributed by atoms with van der Waals surface area (Å²) in [5, 5.41) is 13.8. The zero-order valence-electron chi connectivity index (χ0n) is 16.6. The summed E-state index contributed by atoms with van der Waals surface area (Å²) in [6.45, 7) is 7.36. The molecule has 0 saturated carbocycles. The van der Waals surface area contributed by atoms with Crippen molar-refractivity contribution in [3.05, 3.63) is 42.1 Å². The van der Waals surface area contributed by atoms with Gasteiger partial charge in [0.05, 0.1) is 13.3 Å². The van der Waals surface area contributed by atoms with Gasteiger partial charge in [0.2, 0.25) is 10.0 Å². The first kappa shape index (κ1) is 21.6. The minimum atomic E-state index is -3.63. The minimum absolute atomic E-state index is 0.0130. The largest absolute Gasteiger partial charge is 0.504 e. The van der Waals surface area contributed by atoms with Crippen LogP contribution in [0.2, 0.25) is 0 Å². The van der Waals surface area contributed by atoms with E-state index in [4.69, 9.17) is 4.74 Å². The van der Waals surface area contributed by atoms with Crippen LogP contribution in [0, 0.1) is 0 Å². The van der Waals surface area contributed by atoms with Crippen molar-refractivity contribution in [1.82, 2.24) is 9.29 Å². The van der Waals surface area contributed by atoms with Crippen molar-refractivity contribution >= 4 is 22.1 Å². The van der Waals surface area contributed by atoms with E-state index in [1.165, 1.54) is 36.0 Å². The number of nitrogens with one attached hydrogen (secondary N) is 1. The van der Waals surface area contributed by atoms with Crippen molar-refractivity contribution in [2.24, 2.45) is 5.10 Å². The van der Waals surface area contributed by atoms with Gasteiger partial charge >= 0.3 is 0 Å². The maximum Gasteiger partial charge on any atom is 0.245 e. The highest BCUT2D eigenvalue weighted by molar-refractivity contribution is 7.89. The minimum Gasteiger partial charge on any atom is -0.504 e. The first-order chi connectivity index (χ1) is 13.2. The molecule has 0 radical (unpaired) electrons. The molecule has 1 aromatic heterocycles. The van der Waals surface area contributed by atoms with Crippen molar-refractivity contribution in [1.29, 1.82) is 0 Å². The molecule has 0 atom stereocenters. The van der Waals surface area contributed by atoms with Crippen LogP contribution in [-0.4, -0.2) is 48.2 Å². The third kappa shape index (κ3) is 4.99. The fraction of sp³-hybridized carbons (Fsp3) is 0.368. The van der Waals surface area contributed by atoms with Crippen molar-refractivity contribution in [3.63, 3.8) is 0 Å². The molecule has 1 heterocycles. The number of phenols is 1. The molecular formula is C19H26N4O4S. The molecule has 0 aliphatic heterocycles. The Labute approximate surface area is 165 Å².